The highest BCUT2D eigenvalue weighted by Gasteiger charge is 2.40. The maximum Gasteiger partial charge on any atom is 0.471 e. The molecule has 2 saturated heterocycles. The van der Waals surface area contributed by atoms with Crippen molar-refractivity contribution in [3.63, 3.8) is 0 Å². The van der Waals surface area contributed by atoms with Crippen LogP contribution >= 0.6 is 0 Å². The van der Waals surface area contributed by atoms with E-state index in [1.165, 1.54) is 6.42 Å². The normalized spacial score (nSPS) is 29.7. The number of alkyl halides is 3. The Labute approximate surface area is 105 Å². The number of halogens is 3. The fourth-order valence-corrected chi connectivity index (χ4v) is 3.14. The van der Waals surface area contributed by atoms with Gasteiger partial charge in [-0.2, -0.15) is 13.2 Å². The lowest BCUT2D eigenvalue weighted by Gasteiger charge is -2.44. The van der Waals surface area contributed by atoms with Gasteiger partial charge in [0.25, 0.3) is 0 Å². The van der Waals surface area contributed by atoms with Crippen molar-refractivity contribution in [2.45, 2.75) is 44.3 Å². The van der Waals surface area contributed by atoms with Gasteiger partial charge in [-0.15, -0.1) is 0 Å². The Balaban J connectivity index is 1.86. The highest BCUT2D eigenvalue weighted by molar-refractivity contribution is 5.81. The number of carbonyl (C=O) groups is 1. The molecule has 0 radical (unpaired) electrons. The molecule has 1 unspecified atom stereocenters. The number of amides is 1. The minimum atomic E-state index is -4.76. The maximum absolute atomic E-state index is 12.1. The fourth-order valence-electron chi connectivity index (χ4n) is 3.14. The first-order valence-corrected chi connectivity index (χ1v) is 6.57. The van der Waals surface area contributed by atoms with Crippen LogP contribution in [-0.2, 0) is 4.79 Å². The Hall–Kier alpha value is -0.780. The summed E-state index contributed by atoms with van der Waals surface area (Å²) in [6.07, 6.45) is 0.541. The Morgan fingerprint density at radius 2 is 1.89 bits per heavy atom. The number of piperidine rings is 2. The maximum atomic E-state index is 12.1. The first kappa shape index (κ1) is 13.6. The first-order valence-electron chi connectivity index (χ1n) is 6.57. The van der Waals surface area contributed by atoms with E-state index in [4.69, 9.17) is 0 Å². The van der Waals surface area contributed by atoms with Crippen LogP contribution in [-0.4, -0.2) is 42.7 Å². The molecule has 0 aliphatic carbocycles. The Bertz CT molecular complexity index is 304. The van der Waals surface area contributed by atoms with E-state index in [0.29, 0.717) is 6.04 Å². The van der Waals surface area contributed by atoms with Crippen LogP contribution < -0.4 is 5.32 Å². The van der Waals surface area contributed by atoms with E-state index in [1.54, 1.807) is 0 Å². The average Bonchev–Trinajstić information content (AvgIpc) is 2.34. The van der Waals surface area contributed by atoms with Gasteiger partial charge in [-0.1, -0.05) is 6.42 Å². The molecule has 0 aromatic heterocycles. The smallest absolute Gasteiger partial charge is 0.348 e. The van der Waals surface area contributed by atoms with Crippen molar-refractivity contribution < 1.29 is 18.0 Å². The summed E-state index contributed by atoms with van der Waals surface area (Å²) in [6, 6.07) is 0.362. The van der Waals surface area contributed by atoms with E-state index < -0.39 is 12.1 Å². The summed E-state index contributed by atoms with van der Waals surface area (Å²) < 4.78 is 36.3. The second kappa shape index (κ2) is 5.47. The predicted molar refractivity (Wildman–Crippen MR) is 61.0 cm³/mol. The van der Waals surface area contributed by atoms with Crippen molar-refractivity contribution in [2.24, 2.45) is 5.92 Å². The van der Waals surface area contributed by atoms with E-state index in [9.17, 15) is 18.0 Å². The molecular formula is C12H19F3N2O. The molecular weight excluding hydrogens is 245 g/mol. The van der Waals surface area contributed by atoms with Crippen molar-refractivity contribution in [2.75, 3.05) is 19.6 Å². The van der Waals surface area contributed by atoms with Crippen LogP contribution in [0.4, 0.5) is 13.2 Å². The van der Waals surface area contributed by atoms with E-state index in [0.717, 1.165) is 38.8 Å². The van der Waals surface area contributed by atoms with Crippen molar-refractivity contribution in [3.8, 4) is 0 Å². The molecule has 0 spiro atoms. The topological polar surface area (TPSA) is 32.3 Å². The standard InChI is InChI=1S/C12H19F3N2O/c13-12(14,15)11(18)16-8-9-4-3-7-17-6-2-1-5-10(9)17/h9-10H,1-8H2,(H,16,18)/t9-,10?/m1/s1. The van der Waals surface area contributed by atoms with Gasteiger partial charge >= 0.3 is 12.1 Å². The van der Waals surface area contributed by atoms with Crippen molar-refractivity contribution in [3.05, 3.63) is 0 Å². The predicted octanol–water partition coefficient (Wildman–Crippen LogP) is 1.93. The van der Waals surface area contributed by atoms with Gasteiger partial charge in [0.2, 0.25) is 0 Å². The lowest BCUT2D eigenvalue weighted by Crippen LogP contribution is -2.51. The van der Waals surface area contributed by atoms with Crippen LogP contribution in [0.3, 0.4) is 0 Å². The third kappa shape index (κ3) is 3.16. The minimum Gasteiger partial charge on any atom is -0.348 e. The van der Waals surface area contributed by atoms with E-state index in [1.807, 2.05) is 5.32 Å². The Kier molecular flexibility index (Phi) is 4.14. The molecule has 1 amide bonds. The number of nitrogens with one attached hydrogen (secondary N) is 1. The summed E-state index contributed by atoms with van der Waals surface area (Å²) in [7, 11) is 0. The van der Waals surface area contributed by atoms with E-state index in [2.05, 4.69) is 4.90 Å². The zero-order valence-electron chi connectivity index (χ0n) is 10.3. The second-order valence-corrected chi connectivity index (χ2v) is 5.21. The van der Waals surface area contributed by atoms with Gasteiger partial charge in [-0.3, -0.25) is 4.79 Å². The quantitative estimate of drug-likeness (QED) is 0.826. The van der Waals surface area contributed by atoms with Gasteiger partial charge in [-0.25, -0.2) is 0 Å². The summed E-state index contributed by atoms with van der Waals surface area (Å²) in [5.74, 6) is -1.64. The number of nitrogens with zero attached hydrogens (tertiary/aromatic N) is 1. The molecule has 18 heavy (non-hydrogen) atoms. The van der Waals surface area contributed by atoms with Gasteiger partial charge in [0.05, 0.1) is 0 Å². The molecule has 2 heterocycles. The summed E-state index contributed by atoms with van der Waals surface area (Å²) in [6.45, 7) is 2.25. The molecule has 0 aromatic carbocycles. The number of rotatable bonds is 2. The van der Waals surface area contributed by atoms with Crippen LogP contribution in [0, 0.1) is 5.92 Å². The molecule has 2 fully saturated rings. The molecule has 0 bridgehead atoms. The molecule has 2 aliphatic heterocycles. The molecule has 0 saturated carbocycles. The minimum absolute atomic E-state index is 0.152. The monoisotopic (exact) mass is 264 g/mol. The van der Waals surface area contributed by atoms with E-state index >= 15 is 0 Å². The first-order chi connectivity index (χ1) is 8.48. The van der Waals surface area contributed by atoms with Gasteiger partial charge in [0.1, 0.15) is 0 Å². The average molecular weight is 264 g/mol. The zero-order chi connectivity index (χ0) is 13.2. The fraction of sp³-hybridized carbons (Fsp3) is 0.917. The Morgan fingerprint density at radius 1 is 1.17 bits per heavy atom. The van der Waals surface area contributed by atoms with Gasteiger partial charge in [0, 0.05) is 12.6 Å². The third-order valence-corrected chi connectivity index (χ3v) is 4.01. The zero-order valence-corrected chi connectivity index (χ0v) is 10.3. The van der Waals surface area contributed by atoms with Crippen molar-refractivity contribution >= 4 is 5.91 Å². The largest absolute Gasteiger partial charge is 0.471 e. The molecule has 2 aliphatic rings. The molecule has 3 nitrogen and oxygen atoms in total. The van der Waals surface area contributed by atoms with Crippen LogP contribution in [0.2, 0.25) is 0 Å². The molecule has 104 valence electrons. The highest BCUT2D eigenvalue weighted by Crippen LogP contribution is 2.30. The third-order valence-electron chi connectivity index (χ3n) is 4.01. The molecule has 0 aromatic rings. The molecule has 6 heteroatoms. The summed E-state index contributed by atoms with van der Waals surface area (Å²) >= 11 is 0. The Morgan fingerprint density at radius 3 is 2.61 bits per heavy atom. The number of carbonyl (C=O) groups excluding carboxylic acids is 1. The summed E-state index contributed by atoms with van der Waals surface area (Å²) in [5.41, 5.74) is 0. The van der Waals surface area contributed by atoms with Gasteiger partial charge < -0.3 is 10.2 Å². The molecule has 1 N–H and O–H groups in total. The number of hydrogen-bond donors (Lipinski definition) is 1. The molecule has 2 atom stereocenters. The summed E-state index contributed by atoms with van der Waals surface area (Å²) in [5, 5.41) is 2.03. The van der Waals surface area contributed by atoms with Crippen molar-refractivity contribution in [1.82, 2.24) is 10.2 Å². The van der Waals surface area contributed by atoms with Gasteiger partial charge in [0.15, 0.2) is 0 Å². The summed E-state index contributed by atoms with van der Waals surface area (Å²) in [4.78, 5) is 13.2. The lowest BCUT2D eigenvalue weighted by atomic mass is 9.83. The number of hydrogen-bond acceptors (Lipinski definition) is 2. The SMILES string of the molecule is O=C(NC[C@H]1CCCN2CCCCC12)C(F)(F)F. The van der Waals surface area contributed by atoms with Crippen LogP contribution in [0.5, 0.6) is 0 Å². The second-order valence-electron chi connectivity index (χ2n) is 5.21. The van der Waals surface area contributed by atoms with Crippen LogP contribution in [0.1, 0.15) is 32.1 Å². The number of fused-ring (bicyclic) bond motifs is 1. The van der Waals surface area contributed by atoms with Crippen LogP contribution in [0.15, 0.2) is 0 Å². The highest BCUT2D eigenvalue weighted by atomic mass is 19.4. The van der Waals surface area contributed by atoms with Crippen molar-refractivity contribution in [1.29, 1.82) is 0 Å². The molecule has 2 rings (SSSR count). The van der Waals surface area contributed by atoms with E-state index in [-0.39, 0.29) is 12.5 Å². The van der Waals surface area contributed by atoms with Gasteiger partial charge in [-0.05, 0) is 44.7 Å². The lowest BCUT2D eigenvalue weighted by molar-refractivity contribution is -0.174. The van der Waals surface area contributed by atoms with Crippen LogP contribution in [0.25, 0.3) is 0 Å².